The van der Waals surface area contributed by atoms with Crippen LogP contribution < -0.4 is 4.90 Å². The average molecular weight is 415 g/mol. The van der Waals surface area contributed by atoms with Gasteiger partial charge < -0.3 is 14.4 Å². The topological polar surface area (TPSA) is 55.8 Å². The quantitative estimate of drug-likeness (QED) is 0.446. The van der Waals surface area contributed by atoms with Crippen molar-refractivity contribution in [1.29, 1.82) is 0 Å². The van der Waals surface area contributed by atoms with Gasteiger partial charge >= 0.3 is 11.9 Å². The van der Waals surface area contributed by atoms with E-state index in [0.717, 1.165) is 16.8 Å². The van der Waals surface area contributed by atoms with E-state index in [1.54, 1.807) is 0 Å². The molecule has 0 saturated carbocycles. The van der Waals surface area contributed by atoms with Crippen molar-refractivity contribution < 1.29 is 19.1 Å². The number of rotatable bonds is 5. The van der Waals surface area contributed by atoms with E-state index in [-0.39, 0.29) is 12.5 Å². The van der Waals surface area contributed by atoms with Crippen molar-refractivity contribution in [1.82, 2.24) is 0 Å². The second-order valence-electron chi connectivity index (χ2n) is 7.64. The zero-order valence-electron chi connectivity index (χ0n) is 17.6. The molecule has 1 saturated heterocycles. The first-order valence-electron chi connectivity index (χ1n) is 10.2. The van der Waals surface area contributed by atoms with E-state index in [4.69, 9.17) is 9.47 Å². The van der Waals surface area contributed by atoms with Crippen LogP contribution in [0.15, 0.2) is 91.0 Å². The molecule has 1 fully saturated rings. The van der Waals surface area contributed by atoms with Crippen LogP contribution in [0.2, 0.25) is 0 Å². The Morgan fingerprint density at radius 3 is 1.68 bits per heavy atom. The summed E-state index contributed by atoms with van der Waals surface area (Å²) in [5, 5.41) is 0. The molecule has 0 bridgehead atoms. The fraction of sp³-hybridized carbons (Fsp3) is 0.231. The zero-order valence-corrected chi connectivity index (χ0v) is 17.6. The van der Waals surface area contributed by atoms with Crippen molar-refractivity contribution in [3.63, 3.8) is 0 Å². The van der Waals surface area contributed by atoms with Crippen molar-refractivity contribution in [2.24, 2.45) is 5.41 Å². The number of ether oxygens (including phenoxy) is 2. The normalized spacial score (nSPS) is 19.6. The fourth-order valence-electron chi connectivity index (χ4n) is 4.73. The summed E-state index contributed by atoms with van der Waals surface area (Å²) in [6.45, 7) is 0. The number of methoxy groups -OCH3 is 2. The van der Waals surface area contributed by atoms with Gasteiger partial charge in [0.2, 0.25) is 0 Å². The highest BCUT2D eigenvalue weighted by Crippen LogP contribution is 2.58. The Morgan fingerprint density at radius 1 is 0.742 bits per heavy atom. The first kappa shape index (κ1) is 20.7. The minimum Gasteiger partial charge on any atom is -0.468 e. The van der Waals surface area contributed by atoms with Gasteiger partial charge in [0.05, 0.1) is 26.3 Å². The van der Waals surface area contributed by atoms with E-state index in [1.165, 1.54) is 14.2 Å². The molecular weight excluding hydrogens is 390 g/mol. The maximum absolute atomic E-state index is 13.3. The van der Waals surface area contributed by atoms with Gasteiger partial charge in [-0.2, -0.15) is 0 Å². The Balaban J connectivity index is 2.01. The number of para-hydroxylation sites is 1. The summed E-state index contributed by atoms with van der Waals surface area (Å²) < 4.78 is 10.4. The summed E-state index contributed by atoms with van der Waals surface area (Å²) in [4.78, 5) is 28.8. The maximum atomic E-state index is 13.3. The second-order valence-corrected chi connectivity index (χ2v) is 7.64. The number of anilines is 1. The van der Waals surface area contributed by atoms with Crippen LogP contribution in [-0.4, -0.2) is 26.2 Å². The number of carbonyl (C=O) groups excluding carboxylic acids is 2. The van der Waals surface area contributed by atoms with Crippen molar-refractivity contribution in [3.05, 3.63) is 102 Å². The lowest BCUT2D eigenvalue weighted by Gasteiger charge is -2.36. The molecule has 1 aliphatic heterocycles. The first-order valence-corrected chi connectivity index (χ1v) is 10.2. The molecule has 3 aromatic rings. The van der Waals surface area contributed by atoms with E-state index >= 15 is 0 Å². The second kappa shape index (κ2) is 8.64. The average Bonchev–Trinajstić information content (AvgIpc) is 3.22. The number of hydrogen-bond donors (Lipinski definition) is 0. The molecule has 5 nitrogen and oxygen atoms in total. The van der Waals surface area contributed by atoms with E-state index in [9.17, 15) is 9.59 Å². The van der Waals surface area contributed by atoms with Gasteiger partial charge in [0.25, 0.3) is 0 Å². The van der Waals surface area contributed by atoms with Gasteiger partial charge in [0.15, 0.2) is 5.41 Å². The van der Waals surface area contributed by atoms with Gasteiger partial charge in [-0.1, -0.05) is 78.9 Å². The van der Waals surface area contributed by atoms with Gasteiger partial charge in [0, 0.05) is 12.1 Å². The number of hydrogen-bond acceptors (Lipinski definition) is 5. The van der Waals surface area contributed by atoms with E-state index < -0.39 is 23.4 Å². The maximum Gasteiger partial charge on any atom is 0.325 e. The van der Waals surface area contributed by atoms with Crippen molar-refractivity contribution in [2.75, 3.05) is 19.1 Å². The Labute approximate surface area is 182 Å². The van der Waals surface area contributed by atoms with Gasteiger partial charge in [-0.15, -0.1) is 0 Å². The Kier molecular flexibility index (Phi) is 5.76. The van der Waals surface area contributed by atoms with Crippen LogP contribution in [0.25, 0.3) is 0 Å². The number of esters is 2. The molecule has 4 rings (SSSR count). The predicted molar refractivity (Wildman–Crippen MR) is 118 cm³/mol. The monoisotopic (exact) mass is 415 g/mol. The van der Waals surface area contributed by atoms with Crippen molar-refractivity contribution >= 4 is 17.6 Å². The van der Waals surface area contributed by atoms with Crippen molar-refractivity contribution in [2.45, 2.75) is 18.5 Å². The largest absolute Gasteiger partial charge is 0.468 e. The van der Waals surface area contributed by atoms with Crippen LogP contribution in [0, 0.1) is 5.41 Å². The van der Waals surface area contributed by atoms with E-state index in [0.29, 0.717) is 0 Å². The molecule has 0 spiro atoms. The molecule has 0 aromatic heterocycles. The summed E-state index contributed by atoms with van der Waals surface area (Å²) in [5.41, 5.74) is 1.27. The molecule has 0 N–H and O–H groups in total. The Morgan fingerprint density at radius 2 is 1.19 bits per heavy atom. The van der Waals surface area contributed by atoms with Crippen LogP contribution in [0.3, 0.4) is 0 Å². The lowest BCUT2D eigenvalue weighted by Crippen LogP contribution is -2.46. The van der Waals surface area contributed by atoms with Gasteiger partial charge in [0.1, 0.15) is 0 Å². The Bertz CT molecular complexity index is 1020. The number of nitrogens with zero attached hydrogens (tertiary/aromatic N) is 1. The summed E-state index contributed by atoms with van der Waals surface area (Å²) in [7, 11) is 2.63. The SMILES string of the molecule is COC(=O)C1(C(=O)OC)C[C@H](c2ccccc2)N(c2ccccc2)[C@@H]1c1ccccc1. The molecule has 0 unspecified atom stereocenters. The minimum atomic E-state index is -1.51. The third kappa shape index (κ3) is 3.46. The van der Waals surface area contributed by atoms with E-state index in [1.807, 2.05) is 91.0 Å². The van der Waals surface area contributed by atoms with Crippen LogP contribution >= 0.6 is 0 Å². The highest BCUT2D eigenvalue weighted by molar-refractivity contribution is 6.02. The fourth-order valence-corrected chi connectivity index (χ4v) is 4.73. The molecule has 3 aromatic carbocycles. The lowest BCUT2D eigenvalue weighted by molar-refractivity contribution is -0.170. The van der Waals surface area contributed by atoms with Crippen LogP contribution in [0.1, 0.15) is 29.6 Å². The number of carbonyl (C=O) groups is 2. The van der Waals surface area contributed by atoms with Gasteiger partial charge in [-0.25, -0.2) is 0 Å². The van der Waals surface area contributed by atoms with Gasteiger partial charge in [-0.3, -0.25) is 9.59 Å². The molecule has 2 atom stereocenters. The predicted octanol–water partition coefficient (Wildman–Crippen LogP) is 4.71. The standard InChI is InChI=1S/C26H25NO4/c1-30-24(28)26(25(29)31-2)18-22(19-12-6-3-7-13-19)27(21-16-10-5-11-17-21)23(26)20-14-8-4-9-15-20/h3-17,22-23H,18H2,1-2H3/t22-,23-/m1/s1. The molecule has 1 aliphatic rings. The Hall–Kier alpha value is -3.60. The summed E-state index contributed by atoms with van der Waals surface area (Å²) in [6.07, 6.45) is 0.241. The molecule has 0 aliphatic carbocycles. The third-order valence-electron chi connectivity index (χ3n) is 6.05. The summed E-state index contributed by atoms with van der Waals surface area (Å²) in [6, 6.07) is 28.6. The molecule has 1 heterocycles. The highest BCUT2D eigenvalue weighted by atomic mass is 16.5. The smallest absolute Gasteiger partial charge is 0.325 e. The van der Waals surface area contributed by atoms with Crippen molar-refractivity contribution in [3.8, 4) is 0 Å². The molecule has 5 heteroatoms. The van der Waals surface area contributed by atoms with E-state index in [2.05, 4.69) is 4.90 Å². The van der Waals surface area contributed by atoms with Crippen LogP contribution in [0.5, 0.6) is 0 Å². The van der Waals surface area contributed by atoms with Crippen LogP contribution in [0.4, 0.5) is 5.69 Å². The molecule has 0 radical (unpaired) electrons. The molecule has 158 valence electrons. The first-order chi connectivity index (χ1) is 15.1. The van der Waals surface area contributed by atoms with Crippen LogP contribution in [-0.2, 0) is 19.1 Å². The molecule has 31 heavy (non-hydrogen) atoms. The third-order valence-corrected chi connectivity index (χ3v) is 6.05. The number of benzene rings is 3. The minimum absolute atomic E-state index is 0.230. The summed E-state index contributed by atoms with van der Waals surface area (Å²) in [5.74, 6) is -1.18. The molecular formula is C26H25NO4. The summed E-state index contributed by atoms with van der Waals surface area (Å²) >= 11 is 0. The molecule has 0 amide bonds. The lowest BCUT2D eigenvalue weighted by atomic mass is 9.75. The highest BCUT2D eigenvalue weighted by Gasteiger charge is 2.64. The van der Waals surface area contributed by atoms with Gasteiger partial charge in [-0.05, 0) is 23.3 Å². The zero-order chi connectivity index (χ0) is 21.8.